The molecule has 1 aromatic carbocycles. The maximum Gasteiger partial charge on any atom is 0.261 e. The molecule has 0 spiro atoms. The molecule has 3 N–H and O–H groups in total. The van der Waals surface area contributed by atoms with Gasteiger partial charge in [0.2, 0.25) is 5.91 Å². The first-order valence-electron chi connectivity index (χ1n) is 11.1. The van der Waals surface area contributed by atoms with Crippen molar-refractivity contribution in [3.8, 4) is 0 Å². The minimum atomic E-state index is -3.67. The monoisotopic (exact) mass is 522 g/mol. The van der Waals surface area contributed by atoms with Gasteiger partial charge in [0, 0.05) is 26.2 Å². The fourth-order valence-corrected chi connectivity index (χ4v) is 5.09. The van der Waals surface area contributed by atoms with Gasteiger partial charge in [0.25, 0.3) is 10.1 Å². The average molecular weight is 524 g/mol. The van der Waals surface area contributed by atoms with Crippen molar-refractivity contribution in [3.05, 3.63) is 28.2 Å². The van der Waals surface area contributed by atoms with E-state index in [1.54, 1.807) is 0 Å². The summed E-state index contributed by atoms with van der Waals surface area (Å²) < 4.78 is 25.9. The fraction of sp³-hybridized carbons (Fsp3) is 0.682. The first-order chi connectivity index (χ1) is 15.3. The van der Waals surface area contributed by atoms with Gasteiger partial charge in [0.1, 0.15) is 0 Å². The lowest BCUT2D eigenvalue weighted by Gasteiger charge is -2.43. The van der Waals surface area contributed by atoms with Crippen LogP contribution in [0.3, 0.4) is 0 Å². The van der Waals surface area contributed by atoms with Crippen LogP contribution in [0.5, 0.6) is 0 Å². The molecule has 2 aliphatic rings. The van der Waals surface area contributed by atoms with Gasteiger partial charge in [-0.05, 0) is 70.8 Å². The lowest BCUT2D eigenvalue weighted by molar-refractivity contribution is -0.131. The summed E-state index contributed by atoms with van der Waals surface area (Å²) in [6.45, 7) is 5.14. The van der Waals surface area contributed by atoms with Crippen molar-refractivity contribution in [2.24, 2.45) is 11.7 Å². The predicted molar refractivity (Wildman–Crippen MR) is 135 cm³/mol. The number of hydrogen-bond acceptors (Lipinski definition) is 6. The van der Waals surface area contributed by atoms with Gasteiger partial charge in [0.15, 0.2) is 0 Å². The van der Waals surface area contributed by atoms with Gasteiger partial charge in [-0.15, -0.1) is 0 Å². The standard InChI is InChI=1S/C21H32Cl2N4O.CH4O3S/c1-25(2)21(20(24)28)9-6-16(7-10-21)8-11-26-12-14-27(15-13-26)18-5-3-4-17(22)19(18)23;1-5(2,3)4/h3-5,16H,6-15H2,1-2H3,(H2,24,28);1H3,(H,2,3,4). The summed E-state index contributed by atoms with van der Waals surface area (Å²) in [5.74, 6) is 0.513. The highest BCUT2D eigenvalue weighted by molar-refractivity contribution is 7.85. The average Bonchev–Trinajstić information content (AvgIpc) is 2.73. The van der Waals surface area contributed by atoms with Crippen LogP contribution in [0.1, 0.15) is 32.1 Å². The molecular formula is C22H36Cl2N4O4S. The number of primary amides is 1. The van der Waals surface area contributed by atoms with Gasteiger partial charge in [-0.25, -0.2) is 0 Å². The number of benzene rings is 1. The van der Waals surface area contributed by atoms with Crippen molar-refractivity contribution in [3.63, 3.8) is 0 Å². The van der Waals surface area contributed by atoms with Crippen molar-refractivity contribution in [2.75, 3.05) is 58.0 Å². The van der Waals surface area contributed by atoms with E-state index in [1.165, 1.54) is 6.42 Å². The Labute approximate surface area is 207 Å². The summed E-state index contributed by atoms with van der Waals surface area (Å²) in [6.07, 6.45) is 5.83. The highest BCUT2D eigenvalue weighted by Gasteiger charge is 2.42. The maximum absolute atomic E-state index is 12.0. The van der Waals surface area contributed by atoms with Gasteiger partial charge < -0.3 is 10.6 Å². The molecule has 1 heterocycles. The molecule has 1 saturated heterocycles. The summed E-state index contributed by atoms with van der Waals surface area (Å²) in [4.78, 5) is 18.9. The molecule has 1 saturated carbocycles. The number of likely N-dealkylation sites (N-methyl/N-ethyl adjacent to an activating group) is 1. The highest BCUT2D eigenvalue weighted by Crippen LogP contribution is 2.37. The molecule has 0 unspecified atom stereocenters. The minimum Gasteiger partial charge on any atom is -0.368 e. The SMILES string of the molecule is CN(C)C1(C(N)=O)CCC(CCN2CCN(c3cccc(Cl)c3Cl)CC2)CC1.CS(=O)(=O)O. The number of amides is 1. The second kappa shape index (κ2) is 12.0. The smallest absolute Gasteiger partial charge is 0.261 e. The van der Waals surface area contributed by atoms with E-state index >= 15 is 0 Å². The second-order valence-electron chi connectivity index (χ2n) is 9.16. The number of rotatable bonds is 6. The van der Waals surface area contributed by atoms with E-state index < -0.39 is 15.7 Å². The zero-order valence-corrected chi connectivity index (χ0v) is 22.0. The van der Waals surface area contributed by atoms with E-state index in [1.807, 2.05) is 37.2 Å². The van der Waals surface area contributed by atoms with Crippen molar-refractivity contribution in [1.82, 2.24) is 9.80 Å². The number of hydrogen-bond donors (Lipinski definition) is 2. The van der Waals surface area contributed by atoms with E-state index in [0.717, 1.165) is 64.1 Å². The molecule has 1 aliphatic carbocycles. The van der Waals surface area contributed by atoms with E-state index in [4.69, 9.17) is 33.5 Å². The molecule has 0 bridgehead atoms. The van der Waals surface area contributed by atoms with Crippen LogP contribution < -0.4 is 10.6 Å². The summed E-state index contributed by atoms with van der Waals surface area (Å²) >= 11 is 12.5. The molecule has 1 amide bonds. The van der Waals surface area contributed by atoms with Gasteiger partial charge in [-0.1, -0.05) is 29.3 Å². The Morgan fingerprint density at radius 1 is 1.18 bits per heavy atom. The van der Waals surface area contributed by atoms with E-state index in [9.17, 15) is 13.2 Å². The van der Waals surface area contributed by atoms with Crippen LogP contribution in [0.25, 0.3) is 0 Å². The van der Waals surface area contributed by atoms with Crippen LogP contribution in [0, 0.1) is 5.92 Å². The Morgan fingerprint density at radius 2 is 1.73 bits per heavy atom. The summed E-state index contributed by atoms with van der Waals surface area (Å²) in [5.41, 5.74) is 6.30. The lowest BCUT2D eigenvalue weighted by atomic mass is 9.74. The van der Waals surface area contributed by atoms with Crippen LogP contribution >= 0.6 is 23.2 Å². The van der Waals surface area contributed by atoms with Crippen molar-refractivity contribution >= 4 is 44.9 Å². The minimum absolute atomic E-state index is 0.174. The van der Waals surface area contributed by atoms with Crippen molar-refractivity contribution < 1.29 is 17.8 Å². The van der Waals surface area contributed by atoms with Gasteiger partial charge >= 0.3 is 0 Å². The normalized spacial score (nSPS) is 24.3. The molecular weight excluding hydrogens is 487 g/mol. The quantitative estimate of drug-likeness (QED) is 0.552. The molecule has 3 rings (SSSR count). The van der Waals surface area contributed by atoms with Crippen molar-refractivity contribution in [2.45, 2.75) is 37.6 Å². The zero-order chi connectivity index (χ0) is 24.8. The first-order valence-corrected chi connectivity index (χ1v) is 13.7. The molecule has 0 aromatic heterocycles. The number of nitrogens with zero attached hydrogens (tertiary/aromatic N) is 3. The third-order valence-corrected chi connectivity index (χ3v) is 7.55. The van der Waals surface area contributed by atoms with Crippen LogP contribution in [-0.2, 0) is 14.9 Å². The number of nitrogens with two attached hydrogens (primary N) is 1. The number of anilines is 1. The Balaban J connectivity index is 0.000000696. The summed E-state index contributed by atoms with van der Waals surface area (Å²) in [7, 11) is 0.271. The molecule has 2 fully saturated rings. The summed E-state index contributed by atoms with van der Waals surface area (Å²) in [6, 6.07) is 5.83. The molecule has 11 heteroatoms. The Kier molecular flexibility index (Phi) is 10.3. The zero-order valence-electron chi connectivity index (χ0n) is 19.6. The largest absolute Gasteiger partial charge is 0.368 e. The van der Waals surface area contributed by atoms with E-state index in [0.29, 0.717) is 22.2 Å². The first kappa shape index (κ1) is 28.1. The number of halogens is 2. The molecule has 0 atom stereocenters. The topological polar surface area (TPSA) is 107 Å². The molecule has 33 heavy (non-hydrogen) atoms. The Hall–Kier alpha value is -1.10. The molecule has 1 aromatic rings. The van der Waals surface area contributed by atoms with Gasteiger partial charge in [-0.2, -0.15) is 8.42 Å². The third-order valence-electron chi connectivity index (χ3n) is 6.74. The fourth-order valence-electron chi connectivity index (χ4n) is 4.67. The molecule has 8 nitrogen and oxygen atoms in total. The summed E-state index contributed by atoms with van der Waals surface area (Å²) in [5, 5.41) is 1.27. The Bertz CT molecular complexity index is 890. The number of carbonyl (C=O) groups is 1. The van der Waals surface area contributed by atoms with Crippen molar-refractivity contribution in [1.29, 1.82) is 0 Å². The van der Waals surface area contributed by atoms with Crippen LogP contribution in [0.4, 0.5) is 5.69 Å². The predicted octanol–water partition coefficient (Wildman–Crippen LogP) is 2.99. The molecule has 0 radical (unpaired) electrons. The highest BCUT2D eigenvalue weighted by atomic mass is 35.5. The lowest BCUT2D eigenvalue weighted by Crippen LogP contribution is -2.56. The van der Waals surface area contributed by atoms with Gasteiger partial charge in [-0.3, -0.25) is 19.1 Å². The van der Waals surface area contributed by atoms with Crippen LogP contribution in [0.2, 0.25) is 10.0 Å². The Morgan fingerprint density at radius 3 is 2.21 bits per heavy atom. The van der Waals surface area contributed by atoms with E-state index in [-0.39, 0.29) is 5.91 Å². The maximum atomic E-state index is 12.0. The van der Waals surface area contributed by atoms with Gasteiger partial charge in [0.05, 0.1) is 27.5 Å². The molecule has 188 valence electrons. The second-order valence-corrected chi connectivity index (χ2v) is 11.4. The molecule has 1 aliphatic heterocycles. The van der Waals surface area contributed by atoms with Crippen LogP contribution in [-0.4, -0.2) is 87.3 Å². The third kappa shape index (κ3) is 8.26. The van der Waals surface area contributed by atoms with E-state index in [2.05, 4.69) is 9.80 Å². The number of piperazine rings is 1. The van der Waals surface area contributed by atoms with Crippen LogP contribution in [0.15, 0.2) is 18.2 Å². The number of carbonyl (C=O) groups excluding carboxylic acids is 1.